The molecule has 2 aromatic rings. The van der Waals surface area contributed by atoms with Gasteiger partial charge in [0.1, 0.15) is 5.75 Å². The summed E-state index contributed by atoms with van der Waals surface area (Å²) in [7, 11) is 1.67. The van der Waals surface area contributed by atoms with Gasteiger partial charge in [-0.25, -0.2) is 4.98 Å². The maximum absolute atomic E-state index is 6.15. The van der Waals surface area contributed by atoms with Crippen molar-refractivity contribution < 1.29 is 4.74 Å². The van der Waals surface area contributed by atoms with E-state index < -0.39 is 0 Å². The van der Waals surface area contributed by atoms with Gasteiger partial charge < -0.3 is 4.74 Å². The third-order valence-corrected chi connectivity index (χ3v) is 4.01. The van der Waals surface area contributed by atoms with Gasteiger partial charge >= 0.3 is 0 Å². The van der Waals surface area contributed by atoms with Crippen molar-refractivity contribution in [3.8, 4) is 17.0 Å². The summed E-state index contributed by atoms with van der Waals surface area (Å²) in [6, 6.07) is 3.87. The first-order valence-corrected chi connectivity index (χ1v) is 6.70. The number of rotatable bonds is 3. The van der Waals surface area contributed by atoms with Crippen LogP contribution in [0.5, 0.6) is 5.75 Å². The quantitative estimate of drug-likeness (QED) is 0.825. The maximum atomic E-state index is 6.15. The molecule has 17 heavy (non-hydrogen) atoms. The van der Waals surface area contributed by atoms with Crippen molar-refractivity contribution in [3.05, 3.63) is 33.1 Å². The number of benzene rings is 1. The summed E-state index contributed by atoms with van der Waals surface area (Å²) >= 11 is 7.82. The second-order valence-corrected chi connectivity index (χ2v) is 5.13. The van der Waals surface area contributed by atoms with Crippen LogP contribution < -0.4 is 4.74 Å². The normalized spacial score (nSPS) is 10.6. The number of halogens is 1. The van der Waals surface area contributed by atoms with Crippen molar-refractivity contribution in [2.45, 2.75) is 20.3 Å². The summed E-state index contributed by atoms with van der Waals surface area (Å²) in [5.41, 5.74) is 2.91. The molecule has 1 aromatic carbocycles. The molecule has 0 amide bonds. The Bertz CT molecular complexity index is 536. The number of hydrogen-bond acceptors (Lipinski definition) is 3. The van der Waals surface area contributed by atoms with Gasteiger partial charge in [0.15, 0.2) is 0 Å². The molecule has 2 rings (SSSR count). The van der Waals surface area contributed by atoms with Crippen molar-refractivity contribution in [1.82, 2.24) is 4.98 Å². The molecule has 0 fully saturated rings. The van der Waals surface area contributed by atoms with E-state index in [2.05, 4.69) is 11.9 Å². The summed E-state index contributed by atoms with van der Waals surface area (Å²) in [5, 5.41) is 3.91. The number of thiazole rings is 1. The summed E-state index contributed by atoms with van der Waals surface area (Å²) < 4.78 is 5.38. The van der Waals surface area contributed by atoms with E-state index in [1.807, 2.05) is 24.4 Å². The highest BCUT2D eigenvalue weighted by atomic mass is 35.5. The SMILES string of the molecule is CCc1nc(-c2cc(Cl)c(C)cc2OC)cs1. The zero-order valence-electron chi connectivity index (χ0n) is 10.1. The second-order valence-electron chi connectivity index (χ2n) is 3.78. The molecule has 0 aliphatic carbocycles. The minimum Gasteiger partial charge on any atom is -0.496 e. The van der Waals surface area contributed by atoms with E-state index in [9.17, 15) is 0 Å². The van der Waals surface area contributed by atoms with Gasteiger partial charge in [-0.05, 0) is 31.0 Å². The summed E-state index contributed by atoms with van der Waals surface area (Å²) in [5.74, 6) is 0.819. The third-order valence-electron chi connectivity index (χ3n) is 2.61. The fourth-order valence-electron chi connectivity index (χ4n) is 1.62. The Morgan fingerprint density at radius 2 is 2.18 bits per heavy atom. The molecule has 0 N–H and O–H groups in total. The third kappa shape index (κ3) is 2.45. The van der Waals surface area contributed by atoms with Crippen LogP contribution in [-0.2, 0) is 6.42 Å². The first kappa shape index (κ1) is 12.4. The predicted molar refractivity (Wildman–Crippen MR) is 73.2 cm³/mol. The number of hydrogen-bond donors (Lipinski definition) is 0. The zero-order chi connectivity index (χ0) is 12.4. The topological polar surface area (TPSA) is 22.1 Å². The van der Waals surface area contributed by atoms with Crippen LogP contribution in [0.4, 0.5) is 0 Å². The molecular formula is C13H14ClNOS. The van der Waals surface area contributed by atoms with Crippen LogP contribution in [0.25, 0.3) is 11.3 Å². The summed E-state index contributed by atoms with van der Waals surface area (Å²) in [6.45, 7) is 4.06. The Labute approximate surface area is 110 Å². The van der Waals surface area contributed by atoms with Crippen molar-refractivity contribution in [2.24, 2.45) is 0 Å². The Balaban J connectivity index is 2.53. The molecule has 2 nitrogen and oxygen atoms in total. The average molecular weight is 268 g/mol. The van der Waals surface area contributed by atoms with Crippen molar-refractivity contribution in [3.63, 3.8) is 0 Å². The lowest BCUT2D eigenvalue weighted by Crippen LogP contribution is -1.90. The lowest BCUT2D eigenvalue weighted by Gasteiger charge is -2.08. The fraction of sp³-hybridized carbons (Fsp3) is 0.308. The van der Waals surface area contributed by atoms with Crippen molar-refractivity contribution in [1.29, 1.82) is 0 Å². The van der Waals surface area contributed by atoms with Crippen LogP contribution >= 0.6 is 22.9 Å². The molecule has 4 heteroatoms. The zero-order valence-corrected chi connectivity index (χ0v) is 11.7. The van der Waals surface area contributed by atoms with E-state index >= 15 is 0 Å². The van der Waals surface area contributed by atoms with Gasteiger partial charge in [0.05, 0.1) is 17.8 Å². The van der Waals surface area contributed by atoms with Gasteiger partial charge in [-0.2, -0.15) is 0 Å². The van der Waals surface area contributed by atoms with Crippen LogP contribution in [-0.4, -0.2) is 12.1 Å². The number of ether oxygens (including phenoxy) is 1. The van der Waals surface area contributed by atoms with Gasteiger partial charge in [-0.15, -0.1) is 11.3 Å². The number of aryl methyl sites for hydroxylation is 2. The van der Waals surface area contributed by atoms with Gasteiger partial charge in [0.25, 0.3) is 0 Å². The molecule has 0 radical (unpaired) electrons. The molecule has 0 unspecified atom stereocenters. The second kappa shape index (κ2) is 5.07. The highest BCUT2D eigenvalue weighted by Gasteiger charge is 2.12. The van der Waals surface area contributed by atoms with Gasteiger partial charge in [-0.3, -0.25) is 0 Å². The highest BCUT2D eigenvalue weighted by molar-refractivity contribution is 7.09. The van der Waals surface area contributed by atoms with Gasteiger partial charge in [0.2, 0.25) is 0 Å². The Hall–Kier alpha value is -1.06. The summed E-state index contributed by atoms with van der Waals surface area (Å²) in [6.07, 6.45) is 0.951. The van der Waals surface area contributed by atoms with Crippen molar-refractivity contribution in [2.75, 3.05) is 7.11 Å². The number of aromatic nitrogens is 1. The van der Waals surface area contributed by atoms with E-state index in [4.69, 9.17) is 16.3 Å². The summed E-state index contributed by atoms with van der Waals surface area (Å²) in [4.78, 5) is 4.56. The Kier molecular flexibility index (Phi) is 3.69. The molecule has 90 valence electrons. The molecule has 0 aliphatic rings. The molecule has 1 heterocycles. The van der Waals surface area contributed by atoms with E-state index in [1.54, 1.807) is 18.4 Å². The molecule has 0 spiro atoms. The Morgan fingerprint density at radius 1 is 1.41 bits per heavy atom. The molecular weight excluding hydrogens is 254 g/mol. The number of nitrogens with zero attached hydrogens (tertiary/aromatic N) is 1. The first-order chi connectivity index (χ1) is 8.15. The smallest absolute Gasteiger partial charge is 0.128 e. The van der Waals surface area contributed by atoms with Crippen LogP contribution in [0.15, 0.2) is 17.5 Å². The molecule has 0 aliphatic heterocycles. The Morgan fingerprint density at radius 3 is 2.76 bits per heavy atom. The maximum Gasteiger partial charge on any atom is 0.128 e. The largest absolute Gasteiger partial charge is 0.496 e. The van der Waals surface area contributed by atoms with Crippen LogP contribution in [0.3, 0.4) is 0 Å². The predicted octanol–water partition coefficient (Wildman–Crippen LogP) is 4.34. The van der Waals surface area contributed by atoms with Crippen LogP contribution in [0, 0.1) is 6.92 Å². The van der Waals surface area contributed by atoms with E-state index in [0.29, 0.717) is 0 Å². The number of methoxy groups -OCH3 is 1. The van der Waals surface area contributed by atoms with Crippen LogP contribution in [0.1, 0.15) is 17.5 Å². The molecule has 0 saturated carbocycles. The first-order valence-electron chi connectivity index (χ1n) is 5.44. The molecule has 0 bridgehead atoms. The highest BCUT2D eigenvalue weighted by Crippen LogP contribution is 2.35. The van der Waals surface area contributed by atoms with E-state index in [0.717, 1.165) is 39.0 Å². The fourth-order valence-corrected chi connectivity index (χ4v) is 2.53. The minimum absolute atomic E-state index is 0.742. The standard InChI is InChI=1S/C13H14ClNOS/c1-4-13-15-11(7-17-13)9-6-10(14)8(2)5-12(9)16-3/h5-7H,4H2,1-3H3. The van der Waals surface area contributed by atoms with Crippen LogP contribution in [0.2, 0.25) is 5.02 Å². The lowest BCUT2D eigenvalue weighted by atomic mass is 10.1. The molecule has 1 aromatic heterocycles. The lowest BCUT2D eigenvalue weighted by molar-refractivity contribution is 0.416. The van der Waals surface area contributed by atoms with Gasteiger partial charge in [0, 0.05) is 16.0 Å². The minimum atomic E-state index is 0.742. The average Bonchev–Trinajstić information content (AvgIpc) is 2.80. The van der Waals surface area contributed by atoms with E-state index in [-0.39, 0.29) is 0 Å². The van der Waals surface area contributed by atoms with E-state index in [1.165, 1.54) is 0 Å². The molecule has 0 atom stereocenters. The van der Waals surface area contributed by atoms with Gasteiger partial charge in [-0.1, -0.05) is 18.5 Å². The monoisotopic (exact) mass is 267 g/mol. The molecule has 0 saturated heterocycles. The van der Waals surface area contributed by atoms with Crippen molar-refractivity contribution >= 4 is 22.9 Å².